The molecule has 0 aliphatic carbocycles. The van der Waals surface area contributed by atoms with Crippen molar-refractivity contribution in [1.29, 1.82) is 0 Å². The van der Waals surface area contributed by atoms with E-state index in [0.29, 0.717) is 22.8 Å². The first kappa shape index (κ1) is 15.7. The van der Waals surface area contributed by atoms with Crippen molar-refractivity contribution in [3.8, 4) is 0 Å². The first-order valence-electron chi connectivity index (χ1n) is 6.44. The number of halogens is 1. The monoisotopic (exact) mass is 332 g/mol. The van der Waals surface area contributed by atoms with Gasteiger partial charge >= 0.3 is 0 Å². The molecule has 4 heteroatoms. The third-order valence-electron chi connectivity index (χ3n) is 2.84. The molecule has 102 valence electrons. The normalized spacial score (nSPS) is 13.4. The molecule has 1 rings (SSSR count). The van der Waals surface area contributed by atoms with E-state index in [1.165, 1.54) is 5.56 Å². The van der Waals surface area contributed by atoms with Crippen molar-refractivity contribution in [2.24, 2.45) is 0 Å². The minimum absolute atomic E-state index is 0.323. The summed E-state index contributed by atoms with van der Waals surface area (Å²) < 4.78 is 23.1. The molecule has 0 N–H and O–H groups in total. The number of benzene rings is 1. The third-order valence-corrected chi connectivity index (χ3v) is 5.77. The van der Waals surface area contributed by atoms with Crippen LogP contribution in [0.15, 0.2) is 30.3 Å². The molecule has 0 spiro atoms. The fraction of sp³-hybridized carbons (Fsp3) is 0.571. The Balaban J connectivity index is 2.27. The highest BCUT2D eigenvalue weighted by Gasteiger charge is 2.10. The number of hydrogen-bond acceptors (Lipinski definition) is 2. The Kier molecular flexibility index (Phi) is 6.94. The quantitative estimate of drug-likeness (QED) is 0.530. The summed E-state index contributed by atoms with van der Waals surface area (Å²) >= 11 is 3.65. The van der Waals surface area contributed by atoms with Gasteiger partial charge in [-0.1, -0.05) is 59.6 Å². The molecule has 18 heavy (non-hydrogen) atoms. The maximum absolute atomic E-state index is 11.5. The number of rotatable bonds is 8. The Morgan fingerprint density at radius 1 is 1.11 bits per heavy atom. The van der Waals surface area contributed by atoms with Gasteiger partial charge in [0.25, 0.3) is 0 Å². The van der Waals surface area contributed by atoms with Gasteiger partial charge in [-0.25, -0.2) is 8.42 Å². The molecule has 1 aromatic rings. The zero-order chi connectivity index (χ0) is 13.4. The van der Waals surface area contributed by atoms with Crippen LogP contribution >= 0.6 is 15.9 Å². The van der Waals surface area contributed by atoms with E-state index < -0.39 is 9.84 Å². The smallest absolute Gasteiger partial charge is 0.150 e. The Morgan fingerprint density at radius 2 is 1.78 bits per heavy atom. The molecule has 0 aliphatic rings. The van der Waals surface area contributed by atoms with Crippen LogP contribution in [0, 0.1) is 0 Å². The average Bonchev–Trinajstić information content (AvgIpc) is 2.35. The Labute approximate surface area is 119 Å². The molecule has 1 aromatic carbocycles. The maximum atomic E-state index is 11.5. The second kappa shape index (κ2) is 7.95. The highest BCUT2D eigenvalue weighted by Crippen LogP contribution is 2.27. The molecule has 0 saturated heterocycles. The van der Waals surface area contributed by atoms with Gasteiger partial charge < -0.3 is 0 Å². The van der Waals surface area contributed by atoms with Crippen molar-refractivity contribution < 1.29 is 8.42 Å². The summed E-state index contributed by atoms with van der Waals surface area (Å²) in [5.74, 6) is 0.652. The lowest BCUT2D eigenvalue weighted by Gasteiger charge is -2.09. The summed E-state index contributed by atoms with van der Waals surface area (Å²) in [4.78, 5) is 0.326. The zero-order valence-corrected chi connectivity index (χ0v) is 13.2. The highest BCUT2D eigenvalue weighted by molar-refractivity contribution is 9.09. The van der Waals surface area contributed by atoms with E-state index in [4.69, 9.17) is 0 Å². The van der Waals surface area contributed by atoms with Crippen LogP contribution in [0.2, 0.25) is 0 Å². The molecule has 0 saturated carbocycles. The Hall–Kier alpha value is -0.350. The summed E-state index contributed by atoms with van der Waals surface area (Å²) in [6, 6.07) is 10.2. The number of alkyl halides is 1. The fourth-order valence-corrected chi connectivity index (χ4v) is 3.99. The Morgan fingerprint density at radius 3 is 2.39 bits per heavy atom. The van der Waals surface area contributed by atoms with Gasteiger partial charge in [0.1, 0.15) is 9.84 Å². The first-order valence-corrected chi connectivity index (χ1v) is 9.18. The number of hydrogen-bond donors (Lipinski definition) is 0. The van der Waals surface area contributed by atoms with E-state index in [0.717, 1.165) is 19.3 Å². The lowest BCUT2D eigenvalue weighted by molar-refractivity contribution is 0.588. The second-order valence-electron chi connectivity index (χ2n) is 4.53. The van der Waals surface area contributed by atoms with Crippen LogP contribution in [0.25, 0.3) is 0 Å². The summed E-state index contributed by atoms with van der Waals surface area (Å²) in [5, 5.41) is 0. The molecular weight excluding hydrogens is 312 g/mol. The molecule has 0 fully saturated rings. The molecule has 2 nitrogen and oxygen atoms in total. The van der Waals surface area contributed by atoms with Gasteiger partial charge in [0.15, 0.2) is 0 Å². The highest BCUT2D eigenvalue weighted by atomic mass is 79.9. The van der Waals surface area contributed by atoms with E-state index in [2.05, 4.69) is 28.1 Å². The van der Waals surface area contributed by atoms with E-state index >= 15 is 0 Å². The van der Waals surface area contributed by atoms with Gasteiger partial charge in [-0.05, 0) is 24.8 Å². The van der Waals surface area contributed by atoms with E-state index in [1.54, 1.807) is 0 Å². The van der Waals surface area contributed by atoms with E-state index in [1.807, 2.05) is 25.1 Å². The van der Waals surface area contributed by atoms with Crippen molar-refractivity contribution in [3.63, 3.8) is 0 Å². The lowest BCUT2D eigenvalue weighted by Crippen LogP contribution is -2.10. The molecule has 0 aromatic heterocycles. The zero-order valence-electron chi connectivity index (χ0n) is 10.8. The number of unbranched alkanes of at least 4 members (excludes halogenated alkanes) is 1. The third kappa shape index (κ3) is 6.01. The fourth-order valence-electron chi connectivity index (χ4n) is 1.89. The second-order valence-corrected chi connectivity index (χ2v) is 7.93. The Bertz CT molecular complexity index is 428. The van der Waals surface area contributed by atoms with Gasteiger partial charge in [0.05, 0.1) is 5.75 Å². The van der Waals surface area contributed by atoms with Crippen molar-refractivity contribution in [2.45, 2.75) is 37.4 Å². The molecular formula is C14H21BrO2S. The SMILES string of the molecule is CCCS(=O)(=O)CCCCC(Br)c1ccccc1. The average molecular weight is 333 g/mol. The van der Waals surface area contributed by atoms with Crippen LogP contribution in [0.3, 0.4) is 0 Å². The molecule has 0 heterocycles. The van der Waals surface area contributed by atoms with Crippen LogP contribution in [0.4, 0.5) is 0 Å². The molecule has 0 aliphatic heterocycles. The standard InChI is InChI=1S/C14H21BrO2S/c1-2-11-18(16,17)12-7-6-10-14(15)13-8-4-3-5-9-13/h3-5,8-9,14H,2,6-7,10-12H2,1H3. The van der Waals surface area contributed by atoms with Crippen molar-refractivity contribution in [3.05, 3.63) is 35.9 Å². The van der Waals surface area contributed by atoms with Crippen LogP contribution < -0.4 is 0 Å². The van der Waals surface area contributed by atoms with Gasteiger partial charge in [-0.3, -0.25) is 0 Å². The molecule has 0 amide bonds. The molecule has 1 unspecified atom stereocenters. The van der Waals surface area contributed by atoms with Crippen molar-refractivity contribution in [2.75, 3.05) is 11.5 Å². The summed E-state index contributed by atoms with van der Waals surface area (Å²) in [7, 11) is -2.81. The van der Waals surface area contributed by atoms with Crippen LogP contribution in [0.5, 0.6) is 0 Å². The van der Waals surface area contributed by atoms with Crippen LogP contribution in [0.1, 0.15) is 43.0 Å². The summed E-state index contributed by atoms with van der Waals surface area (Å²) in [6.07, 6.45) is 3.39. The van der Waals surface area contributed by atoms with Gasteiger partial charge in [-0.15, -0.1) is 0 Å². The van der Waals surface area contributed by atoms with Gasteiger partial charge in [-0.2, -0.15) is 0 Å². The summed E-state index contributed by atoms with van der Waals surface area (Å²) in [5.41, 5.74) is 1.26. The van der Waals surface area contributed by atoms with Gasteiger partial charge in [0.2, 0.25) is 0 Å². The first-order chi connectivity index (χ1) is 8.55. The predicted octanol–water partition coefficient (Wildman–Crippen LogP) is 4.12. The van der Waals surface area contributed by atoms with E-state index in [9.17, 15) is 8.42 Å². The van der Waals surface area contributed by atoms with E-state index in [-0.39, 0.29) is 0 Å². The van der Waals surface area contributed by atoms with Crippen LogP contribution in [-0.2, 0) is 9.84 Å². The summed E-state index contributed by atoms with van der Waals surface area (Å²) in [6.45, 7) is 1.90. The minimum atomic E-state index is -2.81. The maximum Gasteiger partial charge on any atom is 0.150 e. The minimum Gasteiger partial charge on any atom is -0.229 e. The van der Waals surface area contributed by atoms with Crippen LogP contribution in [-0.4, -0.2) is 19.9 Å². The number of sulfone groups is 1. The molecule has 1 atom stereocenters. The largest absolute Gasteiger partial charge is 0.229 e. The van der Waals surface area contributed by atoms with Crippen molar-refractivity contribution in [1.82, 2.24) is 0 Å². The topological polar surface area (TPSA) is 34.1 Å². The lowest BCUT2D eigenvalue weighted by atomic mass is 10.1. The predicted molar refractivity (Wildman–Crippen MR) is 80.9 cm³/mol. The molecule has 0 radical (unpaired) electrons. The van der Waals surface area contributed by atoms with Crippen molar-refractivity contribution >= 4 is 25.8 Å². The molecule has 0 bridgehead atoms. The van der Waals surface area contributed by atoms with Gasteiger partial charge in [0, 0.05) is 10.6 Å².